The number of aryl methyl sites for hydroxylation is 1. The highest BCUT2D eigenvalue weighted by atomic mass is 19.2. The second kappa shape index (κ2) is 5.94. The van der Waals surface area contributed by atoms with Gasteiger partial charge in [-0.25, -0.2) is 19.2 Å². The van der Waals surface area contributed by atoms with Crippen molar-refractivity contribution in [2.24, 2.45) is 5.84 Å². The summed E-state index contributed by atoms with van der Waals surface area (Å²) in [6.07, 6.45) is 1.54. The molecule has 1 unspecified atom stereocenters. The minimum Gasteiger partial charge on any atom is -0.481 e. The van der Waals surface area contributed by atoms with Crippen molar-refractivity contribution in [1.82, 2.24) is 10.4 Å². The molecule has 1 heterocycles. The molecule has 20 heavy (non-hydrogen) atoms. The maximum atomic E-state index is 14.1. The fourth-order valence-corrected chi connectivity index (χ4v) is 2.02. The van der Waals surface area contributed by atoms with Gasteiger partial charge in [0.2, 0.25) is 5.88 Å². The number of hydrogen-bond acceptors (Lipinski definition) is 4. The molecular formula is C14H15F2N3O. The Morgan fingerprint density at radius 3 is 2.60 bits per heavy atom. The molecule has 0 aliphatic carbocycles. The molecule has 0 amide bonds. The molecule has 1 aromatic heterocycles. The van der Waals surface area contributed by atoms with Gasteiger partial charge in [0.05, 0.1) is 13.2 Å². The highest BCUT2D eigenvalue weighted by molar-refractivity contribution is 5.39. The predicted molar refractivity (Wildman–Crippen MR) is 71.1 cm³/mol. The average molecular weight is 279 g/mol. The van der Waals surface area contributed by atoms with E-state index >= 15 is 0 Å². The van der Waals surface area contributed by atoms with Crippen LogP contribution in [-0.2, 0) is 0 Å². The minimum absolute atomic E-state index is 0.0990. The predicted octanol–water partition coefficient (Wildman–Crippen LogP) is 2.23. The van der Waals surface area contributed by atoms with Crippen molar-refractivity contribution < 1.29 is 13.5 Å². The molecule has 0 saturated carbocycles. The summed E-state index contributed by atoms with van der Waals surface area (Å²) < 4.78 is 32.9. The molecule has 0 fully saturated rings. The molecule has 3 N–H and O–H groups in total. The van der Waals surface area contributed by atoms with E-state index < -0.39 is 17.7 Å². The highest BCUT2D eigenvalue weighted by Gasteiger charge is 2.23. The first-order valence-corrected chi connectivity index (χ1v) is 5.99. The van der Waals surface area contributed by atoms with E-state index in [1.165, 1.54) is 26.2 Å². The van der Waals surface area contributed by atoms with Crippen LogP contribution in [0.25, 0.3) is 0 Å². The monoisotopic (exact) mass is 279 g/mol. The number of methoxy groups -OCH3 is 1. The van der Waals surface area contributed by atoms with Crippen molar-refractivity contribution in [1.29, 1.82) is 0 Å². The quantitative estimate of drug-likeness (QED) is 0.665. The Labute approximate surface area is 115 Å². The number of hydrogen-bond donors (Lipinski definition) is 2. The van der Waals surface area contributed by atoms with E-state index in [9.17, 15) is 8.78 Å². The first-order valence-electron chi connectivity index (χ1n) is 5.99. The standard InChI is InChI=1S/C14H15F2N3O/c1-8-5-6-9(12(16)11(8)15)13(19-17)10-4-3-7-18-14(10)20-2/h3-7,13,19H,17H2,1-2H3. The van der Waals surface area contributed by atoms with E-state index in [-0.39, 0.29) is 11.1 Å². The number of rotatable bonds is 4. The molecule has 0 aliphatic heterocycles. The topological polar surface area (TPSA) is 60.2 Å². The lowest BCUT2D eigenvalue weighted by Gasteiger charge is -2.19. The van der Waals surface area contributed by atoms with Crippen LogP contribution in [0, 0.1) is 18.6 Å². The van der Waals surface area contributed by atoms with Crippen molar-refractivity contribution >= 4 is 0 Å². The summed E-state index contributed by atoms with van der Waals surface area (Å²) in [4.78, 5) is 4.03. The van der Waals surface area contributed by atoms with Gasteiger partial charge >= 0.3 is 0 Å². The van der Waals surface area contributed by atoms with Crippen LogP contribution < -0.4 is 16.0 Å². The molecule has 0 aliphatic rings. The molecule has 0 bridgehead atoms. The van der Waals surface area contributed by atoms with Gasteiger partial charge in [0, 0.05) is 17.3 Å². The molecule has 1 aromatic carbocycles. The first-order chi connectivity index (χ1) is 9.60. The fourth-order valence-electron chi connectivity index (χ4n) is 2.02. The van der Waals surface area contributed by atoms with Gasteiger partial charge in [-0.1, -0.05) is 18.2 Å². The van der Waals surface area contributed by atoms with E-state index in [1.807, 2.05) is 0 Å². The van der Waals surface area contributed by atoms with E-state index in [2.05, 4.69) is 10.4 Å². The normalized spacial score (nSPS) is 12.2. The molecule has 1 atom stereocenters. The van der Waals surface area contributed by atoms with Gasteiger partial charge in [-0.2, -0.15) is 0 Å². The molecule has 2 rings (SSSR count). The molecule has 4 nitrogen and oxygen atoms in total. The summed E-state index contributed by atoms with van der Waals surface area (Å²) in [7, 11) is 1.45. The van der Waals surface area contributed by atoms with Crippen LogP contribution in [0.5, 0.6) is 5.88 Å². The summed E-state index contributed by atoms with van der Waals surface area (Å²) in [6, 6.07) is 5.60. The van der Waals surface area contributed by atoms with Gasteiger partial charge in [0.1, 0.15) is 0 Å². The zero-order valence-electron chi connectivity index (χ0n) is 11.2. The second-order valence-corrected chi connectivity index (χ2v) is 4.30. The lowest BCUT2D eigenvalue weighted by atomic mass is 9.98. The van der Waals surface area contributed by atoms with E-state index in [1.54, 1.807) is 18.3 Å². The van der Waals surface area contributed by atoms with Gasteiger partial charge in [-0.3, -0.25) is 5.84 Å². The maximum Gasteiger partial charge on any atom is 0.218 e. The summed E-state index contributed by atoms with van der Waals surface area (Å²) >= 11 is 0. The van der Waals surface area contributed by atoms with Crippen LogP contribution in [0.4, 0.5) is 8.78 Å². The van der Waals surface area contributed by atoms with Gasteiger partial charge in [-0.15, -0.1) is 0 Å². The first kappa shape index (κ1) is 14.4. The SMILES string of the molecule is COc1ncccc1C(NN)c1ccc(C)c(F)c1F. The third-order valence-electron chi connectivity index (χ3n) is 3.09. The number of nitrogens with two attached hydrogens (primary N) is 1. The Morgan fingerprint density at radius 1 is 1.20 bits per heavy atom. The van der Waals surface area contributed by atoms with Gasteiger partial charge in [0.15, 0.2) is 11.6 Å². The summed E-state index contributed by atoms with van der Waals surface area (Å²) in [6.45, 7) is 1.50. The number of benzene rings is 1. The molecule has 0 saturated heterocycles. The lowest BCUT2D eigenvalue weighted by Crippen LogP contribution is -2.30. The average Bonchev–Trinajstić information content (AvgIpc) is 2.48. The number of ether oxygens (including phenoxy) is 1. The largest absolute Gasteiger partial charge is 0.481 e. The van der Waals surface area contributed by atoms with Crippen LogP contribution in [0.2, 0.25) is 0 Å². The Hall–Kier alpha value is -2.05. The van der Waals surface area contributed by atoms with Gasteiger partial charge in [0.25, 0.3) is 0 Å². The van der Waals surface area contributed by atoms with Crippen LogP contribution in [0.1, 0.15) is 22.7 Å². The van der Waals surface area contributed by atoms with Crippen molar-refractivity contribution in [2.45, 2.75) is 13.0 Å². The zero-order valence-corrected chi connectivity index (χ0v) is 11.2. The minimum atomic E-state index is -0.932. The lowest BCUT2D eigenvalue weighted by molar-refractivity contribution is 0.385. The van der Waals surface area contributed by atoms with Crippen LogP contribution in [-0.4, -0.2) is 12.1 Å². The molecule has 6 heteroatoms. The molecule has 0 spiro atoms. The van der Waals surface area contributed by atoms with Crippen molar-refractivity contribution in [3.05, 3.63) is 58.8 Å². The Bertz CT molecular complexity index is 619. The maximum absolute atomic E-state index is 14.1. The molecule has 106 valence electrons. The molecular weight excluding hydrogens is 264 g/mol. The Balaban J connectivity index is 2.56. The number of nitrogens with one attached hydrogen (secondary N) is 1. The number of aromatic nitrogens is 1. The van der Waals surface area contributed by atoms with E-state index in [0.29, 0.717) is 11.4 Å². The number of nitrogens with zero attached hydrogens (tertiary/aromatic N) is 1. The third kappa shape index (κ3) is 2.48. The number of pyridine rings is 1. The number of hydrazine groups is 1. The summed E-state index contributed by atoms with van der Waals surface area (Å²) in [5.74, 6) is 3.98. The van der Waals surface area contributed by atoms with Crippen LogP contribution >= 0.6 is 0 Å². The smallest absolute Gasteiger partial charge is 0.218 e. The van der Waals surface area contributed by atoms with Gasteiger partial charge in [-0.05, 0) is 18.6 Å². The van der Waals surface area contributed by atoms with Crippen LogP contribution in [0.3, 0.4) is 0 Å². The molecule has 2 aromatic rings. The number of halogens is 2. The van der Waals surface area contributed by atoms with Crippen LogP contribution in [0.15, 0.2) is 30.5 Å². The molecule has 0 radical (unpaired) electrons. The van der Waals surface area contributed by atoms with E-state index in [0.717, 1.165) is 0 Å². The van der Waals surface area contributed by atoms with Crippen molar-refractivity contribution in [2.75, 3.05) is 7.11 Å². The van der Waals surface area contributed by atoms with Crippen molar-refractivity contribution in [3.8, 4) is 5.88 Å². The Kier molecular flexibility index (Phi) is 4.26. The highest BCUT2D eigenvalue weighted by Crippen LogP contribution is 2.30. The summed E-state index contributed by atoms with van der Waals surface area (Å²) in [5, 5.41) is 0. The van der Waals surface area contributed by atoms with Gasteiger partial charge < -0.3 is 4.74 Å². The summed E-state index contributed by atoms with van der Waals surface area (Å²) in [5.41, 5.74) is 3.33. The zero-order chi connectivity index (χ0) is 14.7. The van der Waals surface area contributed by atoms with Crippen molar-refractivity contribution in [3.63, 3.8) is 0 Å². The Morgan fingerprint density at radius 2 is 1.95 bits per heavy atom. The van der Waals surface area contributed by atoms with E-state index in [4.69, 9.17) is 10.6 Å². The second-order valence-electron chi connectivity index (χ2n) is 4.30. The fraction of sp³-hybridized carbons (Fsp3) is 0.214. The third-order valence-corrected chi connectivity index (χ3v) is 3.09.